The van der Waals surface area contributed by atoms with E-state index in [1.165, 1.54) is 27.6 Å². The predicted octanol–water partition coefficient (Wildman–Crippen LogP) is 7.71. The average molecular weight is 384 g/mol. The lowest BCUT2D eigenvalue weighted by atomic mass is 9.73. The van der Waals surface area contributed by atoms with Crippen molar-refractivity contribution < 1.29 is 4.74 Å². The van der Waals surface area contributed by atoms with Crippen LogP contribution in [0.2, 0.25) is 5.02 Å². The molecular weight excluding hydrogens is 366 g/mol. The Hall–Kier alpha value is -2.97. The van der Waals surface area contributed by atoms with Crippen LogP contribution < -0.4 is 9.64 Å². The zero-order chi connectivity index (χ0) is 19.0. The molecule has 0 bridgehead atoms. The van der Waals surface area contributed by atoms with E-state index in [4.69, 9.17) is 16.3 Å². The Morgan fingerprint density at radius 1 is 0.786 bits per heavy atom. The molecule has 0 aromatic heterocycles. The van der Waals surface area contributed by atoms with Crippen LogP contribution in [0, 0.1) is 0 Å². The summed E-state index contributed by atoms with van der Waals surface area (Å²) in [6.45, 7) is 4.52. The van der Waals surface area contributed by atoms with Crippen LogP contribution in [0.1, 0.15) is 25.0 Å². The summed E-state index contributed by atoms with van der Waals surface area (Å²) in [5.74, 6) is 1.67. The van der Waals surface area contributed by atoms with Crippen LogP contribution in [0.3, 0.4) is 0 Å². The molecule has 136 valence electrons. The minimum Gasteiger partial charge on any atom is -0.453 e. The summed E-state index contributed by atoms with van der Waals surface area (Å²) in [6, 6.07) is 25.3. The third-order valence-corrected chi connectivity index (χ3v) is 6.28. The van der Waals surface area contributed by atoms with Gasteiger partial charge in [0.05, 0.1) is 17.1 Å². The first kappa shape index (κ1) is 16.0. The van der Waals surface area contributed by atoms with Gasteiger partial charge in [-0.3, -0.25) is 0 Å². The van der Waals surface area contributed by atoms with Crippen LogP contribution in [0.4, 0.5) is 17.1 Å². The van der Waals surface area contributed by atoms with Gasteiger partial charge >= 0.3 is 0 Å². The number of halogens is 1. The molecule has 4 aromatic carbocycles. The second-order valence-corrected chi connectivity index (χ2v) is 8.45. The van der Waals surface area contributed by atoms with Gasteiger partial charge in [-0.05, 0) is 34.7 Å². The van der Waals surface area contributed by atoms with Crippen molar-refractivity contribution in [1.82, 2.24) is 0 Å². The van der Waals surface area contributed by atoms with Gasteiger partial charge in [0.2, 0.25) is 0 Å². The van der Waals surface area contributed by atoms with Gasteiger partial charge in [0.25, 0.3) is 0 Å². The first-order valence-corrected chi connectivity index (χ1v) is 9.87. The van der Waals surface area contributed by atoms with Crippen molar-refractivity contribution in [3.05, 3.63) is 88.9 Å². The van der Waals surface area contributed by atoms with Gasteiger partial charge in [-0.2, -0.15) is 0 Å². The van der Waals surface area contributed by atoms with Crippen molar-refractivity contribution in [2.75, 3.05) is 4.90 Å². The number of ether oxygens (including phenoxy) is 1. The highest BCUT2D eigenvalue weighted by molar-refractivity contribution is 6.31. The minimum absolute atomic E-state index is 0.173. The maximum absolute atomic E-state index is 6.51. The number of hydrogen-bond donors (Lipinski definition) is 0. The Labute approximate surface area is 168 Å². The molecule has 6 rings (SSSR count). The zero-order valence-electron chi connectivity index (χ0n) is 15.7. The molecule has 0 atom stereocenters. The van der Waals surface area contributed by atoms with Gasteiger partial charge < -0.3 is 9.64 Å². The highest BCUT2D eigenvalue weighted by Gasteiger charge is 2.42. The fourth-order valence-electron chi connectivity index (χ4n) is 4.72. The SMILES string of the molecule is CC1(C)c2ccccc2N2c3c(cc(Cl)cc31)Oc1ccc3ccccc3c12. The molecule has 2 aliphatic heterocycles. The zero-order valence-corrected chi connectivity index (χ0v) is 16.4. The number of anilines is 3. The van der Waals surface area contributed by atoms with Crippen molar-refractivity contribution >= 4 is 39.4 Å². The topological polar surface area (TPSA) is 12.5 Å². The van der Waals surface area contributed by atoms with Crippen LogP contribution in [0.15, 0.2) is 72.8 Å². The molecule has 0 radical (unpaired) electrons. The summed E-state index contributed by atoms with van der Waals surface area (Å²) in [7, 11) is 0. The molecule has 3 heteroatoms. The Morgan fingerprint density at radius 3 is 2.46 bits per heavy atom. The Bertz CT molecular complexity index is 1290. The van der Waals surface area contributed by atoms with Crippen LogP contribution in [-0.2, 0) is 5.41 Å². The molecule has 0 spiro atoms. The van der Waals surface area contributed by atoms with E-state index in [-0.39, 0.29) is 5.41 Å². The molecular formula is C25H18ClNO. The van der Waals surface area contributed by atoms with Crippen molar-refractivity contribution in [3.8, 4) is 11.5 Å². The number of fused-ring (bicyclic) bond motifs is 6. The highest BCUT2D eigenvalue weighted by atomic mass is 35.5. The number of benzene rings is 4. The standard InChI is InChI=1S/C25H18ClNO/c1-25(2)18-9-5-6-10-20(18)27-23-17-8-4-3-7-15(17)11-12-21(23)28-22-14-16(26)13-19(25)24(22)27/h3-14H,1-2H3. The lowest BCUT2D eigenvalue weighted by molar-refractivity contribution is 0.472. The van der Waals surface area contributed by atoms with Crippen LogP contribution in [0.25, 0.3) is 10.8 Å². The highest BCUT2D eigenvalue weighted by Crippen LogP contribution is 2.61. The summed E-state index contributed by atoms with van der Waals surface area (Å²) in [6.07, 6.45) is 0. The van der Waals surface area contributed by atoms with E-state index in [2.05, 4.69) is 85.5 Å². The molecule has 0 unspecified atom stereocenters. The average Bonchev–Trinajstić information content (AvgIpc) is 2.70. The summed E-state index contributed by atoms with van der Waals surface area (Å²) >= 11 is 6.51. The van der Waals surface area contributed by atoms with Crippen molar-refractivity contribution in [1.29, 1.82) is 0 Å². The molecule has 0 amide bonds. The van der Waals surface area contributed by atoms with E-state index in [1.807, 2.05) is 6.07 Å². The summed E-state index contributed by atoms with van der Waals surface area (Å²) in [5.41, 5.74) is 5.69. The Balaban J connectivity index is 1.80. The molecule has 2 heterocycles. The predicted molar refractivity (Wildman–Crippen MR) is 116 cm³/mol. The van der Waals surface area contributed by atoms with Crippen molar-refractivity contribution in [2.45, 2.75) is 19.3 Å². The molecule has 0 saturated heterocycles. The second kappa shape index (κ2) is 5.30. The molecule has 0 N–H and O–H groups in total. The van der Waals surface area contributed by atoms with E-state index >= 15 is 0 Å². The van der Waals surface area contributed by atoms with Crippen molar-refractivity contribution in [2.24, 2.45) is 0 Å². The number of nitrogens with zero attached hydrogens (tertiary/aromatic N) is 1. The number of rotatable bonds is 0. The Kier molecular flexibility index (Phi) is 3.03. The van der Waals surface area contributed by atoms with E-state index in [0.717, 1.165) is 22.9 Å². The summed E-state index contributed by atoms with van der Waals surface area (Å²) in [5, 5.41) is 3.08. The van der Waals surface area contributed by atoms with Crippen molar-refractivity contribution in [3.63, 3.8) is 0 Å². The van der Waals surface area contributed by atoms with Crippen LogP contribution >= 0.6 is 11.6 Å². The van der Waals surface area contributed by atoms with Crippen LogP contribution in [0.5, 0.6) is 11.5 Å². The molecule has 2 nitrogen and oxygen atoms in total. The molecule has 0 fully saturated rings. The molecule has 4 aromatic rings. The normalized spacial score (nSPS) is 15.5. The maximum Gasteiger partial charge on any atom is 0.153 e. The third-order valence-electron chi connectivity index (χ3n) is 6.06. The van der Waals surface area contributed by atoms with Gasteiger partial charge in [0.1, 0.15) is 0 Å². The Morgan fingerprint density at radius 2 is 1.57 bits per heavy atom. The quantitative estimate of drug-likeness (QED) is 0.271. The van der Waals surface area contributed by atoms with E-state index < -0.39 is 0 Å². The summed E-state index contributed by atoms with van der Waals surface area (Å²) in [4.78, 5) is 2.36. The van der Waals surface area contributed by atoms with E-state index in [9.17, 15) is 0 Å². The minimum atomic E-state index is -0.173. The first-order chi connectivity index (χ1) is 13.6. The fourth-order valence-corrected chi connectivity index (χ4v) is 4.93. The van der Waals surface area contributed by atoms with Gasteiger partial charge in [-0.25, -0.2) is 0 Å². The molecule has 0 aliphatic carbocycles. The fraction of sp³-hybridized carbons (Fsp3) is 0.120. The lowest BCUT2D eigenvalue weighted by Crippen LogP contribution is -2.32. The third kappa shape index (κ3) is 1.93. The first-order valence-electron chi connectivity index (χ1n) is 9.49. The smallest absolute Gasteiger partial charge is 0.153 e. The second-order valence-electron chi connectivity index (χ2n) is 8.01. The van der Waals surface area contributed by atoms with Gasteiger partial charge in [-0.15, -0.1) is 0 Å². The van der Waals surface area contributed by atoms with Gasteiger partial charge in [-0.1, -0.05) is 74.0 Å². The van der Waals surface area contributed by atoms with Gasteiger partial charge in [0, 0.05) is 21.9 Å². The van der Waals surface area contributed by atoms with Gasteiger partial charge in [0.15, 0.2) is 11.5 Å². The van der Waals surface area contributed by atoms with Crippen LogP contribution in [-0.4, -0.2) is 0 Å². The molecule has 28 heavy (non-hydrogen) atoms. The number of para-hydroxylation sites is 1. The lowest BCUT2D eigenvalue weighted by Gasteiger charge is -2.45. The largest absolute Gasteiger partial charge is 0.453 e. The monoisotopic (exact) mass is 383 g/mol. The molecule has 2 aliphatic rings. The maximum atomic E-state index is 6.51. The summed E-state index contributed by atoms with van der Waals surface area (Å²) < 4.78 is 6.40. The van der Waals surface area contributed by atoms with E-state index in [1.54, 1.807) is 0 Å². The number of hydrogen-bond acceptors (Lipinski definition) is 2. The molecule has 0 saturated carbocycles. The van der Waals surface area contributed by atoms with E-state index in [0.29, 0.717) is 5.02 Å².